The molecule has 30 heavy (non-hydrogen) atoms. The second-order valence-corrected chi connectivity index (χ2v) is 8.46. The van der Waals surface area contributed by atoms with E-state index in [4.69, 9.17) is 9.47 Å². The largest absolute Gasteiger partial charge is 0.459 e. The molecule has 0 aliphatic carbocycles. The number of aliphatic hydroxyl groups is 1. The van der Waals surface area contributed by atoms with Gasteiger partial charge in [-0.05, 0) is 61.1 Å². The maximum atomic E-state index is 12.8. The number of ether oxygens (including phenoxy) is 2. The minimum Gasteiger partial charge on any atom is -0.459 e. The van der Waals surface area contributed by atoms with Crippen LogP contribution in [0.5, 0.6) is 0 Å². The molecule has 1 fully saturated rings. The number of thiophene rings is 1. The van der Waals surface area contributed by atoms with Crippen LogP contribution in [0.25, 0.3) is 0 Å². The second-order valence-electron chi connectivity index (χ2n) is 7.68. The van der Waals surface area contributed by atoms with E-state index in [1.54, 1.807) is 11.3 Å². The lowest BCUT2D eigenvalue weighted by molar-refractivity contribution is -0.166. The van der Waals surface area contributed by atoms with Gasteiger partial charge < -0.3 is 24.8 Å². The topological polar surface area (TPSA) is 88.1 Å². The molecule has 0 unspecified atom stereocenters. The van der Waals surface area contributed by atoms with Crippen molar-refractivity contribution in [3.63, 3.8) is 0 Å². The number of rotatable bonds is 11. The van der Waals surface area contributed by atoms with Crippen molar-refractivity contribution in [3.8, 4) is 0 Å². The van der Waals surface area contributed by atoms with Gasteiger partial charge in [-0.2, -0.15) is 11.3 Å². The lowest BCUT2D eigenvalue weighted by Crippen LogP contribution is -2.39. The summed E-state index contributed by atoms with van der Waals surface area (Å²) in [5.41, 5.74) is 1.13. The molecule has 2 N–H and O–H groups in total. The van der Waals surface area contributed by atoms with Crippen molar-refractivity contribution >= 4 is 23.2 Å². The fraction of sp³-hybridized carbons (Fsp3) is 0.636. The molecule has 3 rings (SSSR count). The van der Waals surface area contributed by atoms with Crippen LogP contribution in [0.15, 0.2) is 28.7 Å². The number of hydrogen-bond donors (Lipinski definition) is 2. The second kappa shape index (κ2) is 11.5. The molecule has 2 aliphatic rings. The highest BCUT2D eigenvalue weighted by Crippen LogP contribution is 2.40. The Balaban J connectivity index is 1.64. The first-order chi connectivity index (χ1) is 14.6. The first-order valence-electron chi connectivity index (χ1n) is 10.8. The van der Waals surface area contributed by atoms with Crippen molar-refractivity contribution in [3.05, 3.63) is 34.2 Å². The van der Waals surface area contributed by atoms with Gasteiger partial charge in [0.15, 0.2) is 5.76 Å². The smallest absolute Gasteiger partial charge is 0.286 e. The Bertz CT molecular complexity index is 721. The number of carbonyl (C=O) groups is 2. The molecule has 2 aliphatic heterocycles. The Kier molecular flexibility index (Phi) is 8.72. The summed E-state index contributed by atoms with van der Waals surface area (Å²) in [7, 11) is 0. The van der Waals surface area contributed by atoms with Gasteiger partial charge in [-0.15, -0.1) is 0 Å². The van der Waals surface area contributed by atoms with E-state index in [2.05, 4.69) is 16.8 Å². The highest BCUT2D eigenvalue weighted by atomic mass is 32.1. The summed E-state index contributed by atoms with van der Waals surface area (Å²) in [6.45, 7) is 4.47. The van der Waals surface area contributed by atoms with Gasteiger partial charge in [-0.3, -0.25) is 9.59 Å². The molecule has 0 spiro atoms. The SMILES string of the molecule is CCO[C@H]1OC(C(=O)NCCCN2CCCC2=O)=C[C@@H](c2ccsc2)[C@@H]1CCCO. The fourth-order valence-corrected chi connectivity index (χ4v) is 4.82. The summed E-state index contributed by atoms with van der Waals surface area (Å²) in [6, 6.07) is 2.06. The number of allylic oxidation sites excluding steroid dienone is 1. The van der Waals surface area contributed by atoms with Gasteiger partial charge in [0.2, 0.25) is 12.2 Å². The van der Waals surface area contributed by atoms with Gasteiger partial charge in [0.1, 0.15) is 0 Å². The molecule has 8 heteroatoms. The normalized spacial score (nSPS) is 23.9. The van der Waals surface area contributed by atoms with E-state index in [9.17, 15) is 14.7 Å². The van der Waals surface area contributed by atoms with Crippen molar-refractivity contribution in [1.29, 1.82) is 0 Å². The number of nitrogens with one attached hydrogen (secondary N) is 1. The van der Waals surface area contributed by atoms with Crippen LogP contribution in [0, 0.1) is 5.92 Å². The minimum absolute atomic E-state index is 0.00364. The number of likely N-dealkylation sites (tertiary alicyclic amines) is 1. The van der Waals surface area contributed by atoms with E-state index in [-0.39, 0.29) is 36.0 Å². The van der Waals surface area contributed by atoms with Crippen molar-refractivity contribution in [2.45, 2.75) is 51.2 Å². The summed E-state index contributed by atoms with van der Waals surface area (Å²) in [5, 5.41) is 16.3. The molecular formula is C22H32N2O5S. The molecule has 0 saturated carbocycles. The highest BCUT2D eigenvalue weighted by Gasteiger charge is 2.37. The van der Waals surface area contributed by atoms with E-state index in [1.165, 1.54) is 0 Å². The third-order valence-corrected chi connectivity index (χ3v) is 6.33. The van der Waals surface area contributed by atoms with Crippen molar-refractivity contribution in [1.82, 2.24) is 10.2 Å². The fourth-order valence-electron chi connectivity index (χ4n) is 4.11. The summed E-state index contributed by atoms with van der Waals surface area (Å²) in [4.78, 5) is 26.3. The van der Waals surface area contributed by atoms with Gasteiger partial charge >= 0.3 is 0 Å². The third-order valence-electron chi connectivity index (χ3n) is 5.63. The van der Waals surface area contributed by atoms with Crippen molar-refractivity contribution < 1.29 is 24.2 Å². The minimum atomic E-state index is -0.528. The molecule has 166 valence electrons. The molecule has 0 bridgehead atoms. The van der Waals surface area contributed by atoms with Crippen LogP contribution in [0.3, 0.4) is 0 Å². The van der Waals surface area contributed by atoms with Crippen LogP contribution in [0.2, 0.25) is 0 Å². The lowest BCUT2D eigenvalue weighted by Gasteiger charge is -2.36. The Morgan fingerprint density at radius 2 is 2.30 bits per heavy atom. The Labute approximate surface area is 182 Å². The zero-order valence-corrected chi connectivity index (χ0v) is 18.4. The number of nitrogens with zero attached hydrogens (tertiary/aromatic N) is 1. The summed E-state index contributed by atoms with van der Waals surface area (Å²) in [5.74, 6) is 0.252. The molecule has 7 nitrogen and oxygen atoms in total. The van der Waals surface area contributed by atoms with Crippen LogP contribution < -0.4 is 5.32 Å². The molecule has 3 heterocycles. The molecule has 3 atom stereocenters. The third kappa shape index (κ3) is 5.83. The first kappa shape index (κ1) is 22.8. The van der Waals surface area contributed by atoms with Crippen molar-refractivity contribution in [2.75, 3.05) is 32.8 Å². The van der Waals surface area contributed by atoms with Gasteiger partial charge in [-0.25, -0.2) is 0 Å². The van der Waals surface area contributed by atoms with Crippen LogP contribution in [-0.4, -0.2) is 61.0 Å². The molecule has 1 saturated heterocycles. The van der Waals surface area contributed by atoms with Crippen LogP contribution >= 0.6 is 11.3 Å². The molecular weight excluding hydrogens is 404 g/mol. The number of aliphatic hydroxyl groups excluding tert-OH is 1. The van der Waals surface area contributed by atoms with E-state index in [0.29, 0.717) is 39.0 Å². The maximum absolute atomic E-state index is 12.8. The number of amides is 2. The predicted octanol–water partition coefficient (Wildman–Crippen LogP) is 2.63. The quantitative estimate of drug-likeness (QED) is 0.521. The Hall–Kier alpha value is -1.90. The van der Waals surface area contributed by atoms with E-state index >= 15 is 0 Å². The van der Waals surface area contributed by atoms with Crippen LogP contribution in [0.4, 0.5) is 0 Å². The molecule has 0 aromatic carbocycles. The van der Waals surface area contributed by atoms with Gasteiger partial charge in [0, 0.05) is 51.1 Å². The van der Waals surface area contributed by atoms with Gasteiger partial charge in [-0.1, -0.05) is 0 Å². The number of hydrogen-bond acceptors (Lipinski definition) is 6. The average molecular weight is 437 g/mol. The highest BCUT2D eigenvalue weighted by molar-refractivity contribution is 7.08. The Morgan fingerprint density at radius 1 is 1.43 bits per heavy atom. The van der Waals surface area contributed by atoms with E-state index < -0.39 is 6.29 Å². The maximum Gasteiger partial charge on any atom is 0.286 e. The molecule has 1 aromatic rings. The molecule has 0 radical (unpaired) electrons. The van der Waals surface area contributed by atoms with Crippen LogP contribution in [0.1, 0.15) is 50.5 Å². The summed E-state index contributed by atoms with van der Waals surface area (Å²) < 4.78 is 11.8. The van der Waals surface area contributed by atoms with Crippen LogP contribution in [-0.2, 0) is 19.1 Å². The average Bonchev–Trinajstić information content (AvgIpc) is 3.42. The molecule has 2 amide bonds. The van der Waals surface area contributed by atoms with Gasteiger partial charge in [0.05, 0.1) is 0 Å². The zero-order chi connectivity index (χ0) is 21.3. The Morgan fingerprint density at radius 3 is 2.97 bits per heavy atom. The predicted molar refractivity (Wildman–Crippen MR) is 115 cm³/mol. The number of carbonyl (C=O) groups excluding carboxylic acids is 2. The zero-order valence-electron chi connectivity index (χ0n) is 17.5. The first-order valence-corrected chi connectivity index (χ1v) is 11.8. The lowest BCUT2D eigenvalue weighted by atomic mass is 9.81. The van der Waals surface area contributed by atoms with Gasteiger partial charge in [0.25, 0.3) is 5.91 Å². The standard InChI is InChI=1S/C22H32N2O5S/c1-2-28-22-17(6-4-12-25)18(16-8-13-30-15-16)14-19(29-22)21(27)23-9-5-11-24-10-3-7-20(24)26/h8,13-15,17-18,22,25H,2-7,9-12H2,1H3,(H,23,27)/t17-,18-,22-/m0/s1. The summed E-state index contributed by atoms with van der Waals surface area (Å²) >= 11 is 1.62. The summed E-state index contributed by atoms with van der Waals surface area (Å²) in [6.07, 6.45) is 5.03. The van der Waals surface area contributed by atoms with Crippen molar-refractivity contribution in [2.24, 2.45) is 5.92 Å². The van der Waals surface area contributed by atoms with E-state index in [0.717, 1.165) is 24.9 Å². The molecule has 1 aromatic heterocycles. The monoisotopic (exact) mass is 436 g/mol. The van der Waals surface area contributed by atoms with E-state index in [1.807, 2.05) is 23.3 Å².